The molecule has 0 spiro atoms. The Morgan fingerprint density at radius 3 is 2.88 bits per heavy atom. The van der Waals surface area contributed by atoms with E-state index in [2.05, 4.69) is 47.2 Å². The van der Waals surface area contributed by atoms with Crippen molar-refractivity contribution in [3.8, 4) is 0 Å². The number of methoxy groups -OCH3 is 1. The number of benzene rings is 1. The van der Waals surface area contributed by atoms with Crippen molar-refractivity contribution in [2.24, 2.45) is 4.99 Å². The molecule has 0 amide bonds. The third kappa shape index (κ3) is 3.68. The number of amidine groups is 1. The van der Waals surface area contributed by atoms with E-state index >= 15 is 0 Å². The molecule has 1 aromatic heterocycles. The number of rotatable bonds is 4. The van der Waals surface area contributed by atoms with Crippen LogP contribution >= 0.6 is 43.2 Å². The van der Waals surface area contributed by atoms with E-state index < -0.39 is 12.0 Å². The van der Waals surface area contributed by atoms with Crippen molar-refractivity contribution in [2.45, 2.75) is 6.04 Å². The first-order chi connectivity index (χ1) is 12.0. The molecule has 3 rings (SSSR count). The van der Waals surface area contributed by atoms with E-state index in [0.717, 1.165) is 0 Å². The highest BCUT2D eigenvalue weighted by Crippen LogP contribution is 2.36. The van der Waals surface area contributed by atoms with E-state index in [1.807, 2.05) is 5.38 Å². The van der Waals surface area contributed by atoms with Gasteiger partial charge in [0.1, 0.15) is 11.9 Å². The lowest BCUT2D eigenvalue weighted by Gasteiger charge is -2.26. The minimum atomic E-state index is -0.643. The first-order valence-corrected chi connectivity index (χ1v) is 9.91. The average molecular weight is 489 g/mol. The highest BCUT2D eigenvalue weighted by molar-refractivity contribution is 9.10. The number of allylic oxidation sites excluding steroid dienone is 1. The van der Waals surface area contributed by atoms with Gasteiger partial charge in [-0.1, -0.05) is 37.9 Å². The zero-order valence-corrected chi connectivity index (χ0v) is 16.9. The molecule has 2 heterocycles. The molecule has 0 bridgehead atoms. The van der Waals surface area contributed by atoms with Gasteiger partial charge < -0.3 is 10.1 Å². The Hall–Kier alpha value is -1.58. The van der Waals surface area contributed by atoms with Crippen LogP contribution < -0.4 is 5.32 Å². The SMILES string of the molecule is COC(=O)C1=C(CBr)NC(c2nccs2)=NC1c1ccc(F)cc1Br. The number of aliphatic imine (C=N–C) groups is 1. The standard InChI is InChI=1S/C16H12Br2FN3O2S/c1-24-16(23)12-11(7-17)21-14(15-20-4-5-25-15)22-13(12)9-3-2-8(19)6-10(9)18/h2-6,13H,7H2,1H3,(H,21,22). The molecular weight excluding hydrogens is 477 g/mol. The summed E-state index contributed by atoms with van der Waals surface area (Å²) in [5.41, 5.74) is 1.66. The quantitative estimate of drug-likeness (QED) is 0.522. The summed E-state index contributed by atoms with van der Waals surface area (Å²) >= 11 is 8.19. The molecule has 130 valence electrons. The molecule has 1 N–H and O–H groups in total. The third-order valence-electron chi connectivity index (χ3n) is 3.56. The van der Waals surface area contributed by atoms with E-state index in [4.69, 9.17) is 4.74 Å². The van der Waals surface area contributed by atoms with Gasteiger partial charge in [-0.15, -0.1) is 11.3 Å². The molecule has 25 heavy (non-hydrogen) atoms. The van der Waals surface area contributed by atoms with Crippen LogP contribution in [0.1, 0.15) is 16.6 Å². The zero-order chi connectivity index (χ0) is 18.0. The van der Waals surface area contributed by atoms with Crippen molar-refractivity contribution in [1.29, 1.82) is 0 Å². The van der Waals surface area contributed by atoms with Gasteiger partial charge in [0.25, 0.3) is 0 Å². The Morgan fingerprint density at radius 1 is 1.48 bits per heavy atom. The van der Waals surface area contributed by atoms with Crippen LogP contribution in [-0.2, 0) is 9.53 Å². The number of ether oxygens (including phenoxy) is 1. The molecule has 0 fully saturated rings. The van der Waals surface area contributed by atoms with E-state index in [0.29, 0.717) is 37.5 Å². The van der Waals surface area contributed by atoms with Crippen LogP contribution in [0.2, 0.25) is 0 Å². The van der Waals surface area contributed by atoms with Gasteiger partial charge in [0.2, 0.25) is 0 Å². The van der Waals surface area contributed by atoms with Crippen molar-refractivity contribution in [2.75, 3.05) is 12.4 Å². The van der Waals surface area contributed by atoms with Crippen LogP contribution in [-0.4, -0.2) is 29.2 Å². The van der Waals surface area contributed by atoms with Crippen molar-refractivity contribution in [1.82, 2.24) is 10.3 Å². The lowest BCUT2D eigenvalue weighted by Crippen LogP contribution is -2.34. The van der Waals surface area contributed by atoms with Crippen LogP contribution in [0.3, 0.4) is 0 Å². The number of hydrogen-bond acceptors (Lipinski definition) is 6. The van der Waals surface area contributed by atoms with Crippen molar-refractivity contribution < 1.29 is 13.9 Å². The molecule has 1 aromatic carbocycles. The first kappa shape index (κ1) is 18.2. The maximum atomic E-state index is 13.5. The maximum Gasteiger partial charge on any atom is 0.338 e. The topological polar surface area (TPSA) is 63.6 Å². The molecule has 2 aromatic rings. The number of nitrogens with zero attached hydrogens (tertiary/aromatic N) is 2. The monoisotopic (exact) mass is 487 g/mol. The Labute approximate surface area is 164 Å². The normalized spacial score (nSPS) is 17.1. The number of carbonyl (C=O) groups is 1. The predicted octanol–water partition coefficient (Wildman–Crippen LogP) is 3.96. The fourth-order valence-corrected chi connectivity index (χ4v) is 4.05. The first-order valence-electron chi connectivity index (χ1n) is 7.12. The zero-order valence-electron chi connectivity index (χ0n) is 12.9. The molecule has 5 nitrogen and oxygen atoms in total. The number of esters is 1. The average Bonchev–Trinajstić information content (AvgIpc) is 3.14. The summed E-state index contributed by atoms with van der Waals surface area (Å²) < 4.78 is 18.9. The van der Waals surface area contributed by atoms with Gasteiger partial charge in [-0.3, -0.25) is 4.99 Å². The summed E-state index contributed by atoms with van der Waals surface area (Å²) in [6.07, 6.45) is 1.68. The number of alkyl halides is 1. The summed E-state index contributed by atoms with van der Waals surface area (Å²) in [5.74, 6) is -0.318. The van der Waals surface area contributed by atoms with Gasteiger partial charge in [-0.2, -0.15) is 0 Å². The minimum Gasteiger partial charge on any atom is -0.466 e. The summed E-state index contributed by atoms with van der Waals surface area (Å²) in [7, 11) is 1.32. The molecule has 1 unspecified atom stereocenters. The maximum absolute atomic E-state index is 13.5. The van der Waals surface area contributed by atoms with Gasteiger partial charge in [-0.05, 0) is 17.7 Å². The highest BCUT2D eigenvalue weighted by Gasteiger charge is 2.33. The lowest BCUT2D eigenvalue weighted by atomic mass is 9.96. The predicted molar refractivity (Wildman–Crippen MR) is 101 cm³/mol. The smallest absolute Gasteiger partial charge is 0.338 e. The Kier molecular flexibility index (Phi) is 5.65. The van der Waals surface area contributed by atoms with E-state index in [-0.39, 0.29) is 5.82 Å². The van der Waals surface area contributed by atoms with E-state index in [1.54, 1.807) is 12.3 Å². The van der Waals surface area contributed by atoms with Crippen LogP contribution in [0.15, 0.2) is 50.5 Å². The molecule has 9 heteroatoms. The van der Waals surface area contributed by atoms with Gasteiger partial charge in [0, 0.05) is 27.1 Å². The largest absolute Gasteiger partial charge is 0.466 e. The lowest BCUT2D eigenvalue weighted by molar-refractivity contribution is -0.136. The van der Waals surface area contributed by atoms with Gasteiger partial charge in [-0.25, -0.2) is 14.2 Å². The fraction of sp³-hybridized carbons (Fsp3) is 0.188. The van der Waals surface area contributed by atoms with Crippen LogP contribution in [0.5, 0.6) is 0 Å². The number of carbonyl (C=O) groups excluding carboxylic acids is 1. The molecule has 1 atom stereocenters. The van der Waals surface area contributed by atoms with Crippen LogP contribution in [0, 0.1) is 5.82 Å². The Bertz CT molecular complexity index is 868. The second kappa shape index (κ2) is 7.76. The molecule has 1 aliphatic rings. The second-order valence-corrected chi connectivity index (χ2v) is 7.34. The highest BCUT2D eigenvalue weighted by atomic mass is 79.9. The molecule has 0 radical (unpaired) electrons. The second-order valence-electron chi connectivity index (χ2n) is 5.03. The fourth-order valence-electron chi connectivity index (χ4n) is 2.45. The van der Waals surface area contributed by atoms with E-state index in [9.17, 15) is 9.18 Å². The summed E-state index contributed by atoms with van der Waals surface area (Å²) in [4.78, 5) is 21.3. The van der Waals surface area contributed by atoms with Crippen molar-refractivity contribution >= 4 is 55.0 Å². The number of hydrogen-bond donors (Lipinski definition) is 1. The summed E-state index contributed by atoms with van der Waals surface area (Å²) in [6.45, 7) is 0. The molecule has 1 aliphatic heterocycles. The van der Waals surface area contributed by atoms with E-state index in [1.165, 1.54) is 30.6 Å². The number of thiazole rings is 1. The summed E-state index contributed by atoms with van der Waals surface area (Å²) in [6, 6.07) is 3.64. The number of aromatic nitrogens is 1. The molecule has 0 saturated carbocycles. The molecule has 0 aliphatic carbocycles. The minimum absolute atomic E-state index is 0.368. The van der Waals surface area contributed by atoms with Crippen LogP contribution in [0.25, 0.3) is 0 Å². The van der Waals surface area contributed by atoms with Crippen LogP contribution in [0.4, 0.5) is 4.39 Å². The number of nitrogens with one attached hydrogen (secondary N) is 1. The van der Waals surface area contributed by atoms with Gasteiger partial charge >= 0.3 is 5.97 Å². The molecular formula is C16H12Br2FN3O2S. The van der Waals surface area contributed by atoms with Crippen molar-refractivity contribution in [3.05, 3.63) is 61.9 Å². The van der Waals surface area contributed by atoms with Gasteiger partial charge in [0.15, 0.2) is 10.8 Å². The van der Waals surface area contributed by atoms with Crippen molar-refractivity contribution in [3.63, 3.8) is 0 Å². The Morgan fingerprint density at radius 2 is 2.28 bits per heavy atom. The van der Waals surface area contributed by atoms with Gasteiger partial charge in [0.05, 0.1) is 12.7 Å². The Balaban J connectivity index is 2.17. The third-order valence-corrected chi connectivity index (χ3v) is 5.58. The number of halogens is 3. The molecule has 0 saturated heterocycles. The summed E-state index contributed by atoms with van der Waals surface area (Å²) in [5, 5.41) is 6.08.